The number of fused-ring (bicyclic) bond motifs is 1. The topological polar surface area (TPSA) is 79.0 Å². The molecule has 0 aromatic heterocycles. The lowest BCUT2D eigenvalue weighted by Crippen LogP contribution is -2.32. The molecule has 2 aromatic carbocycles. The Kier molecular flexibility index (Phi) is 4.25. The largest absolute Gasteiger partial charge is 0.481 e. The number of hydrogen-bond acceptors (Lipinski definition) is 4. The van der Waals surface area contributed by atoms with Gasteiger partial charge in [0.05, 0.1) is 11.4 Å². The molecule has 0 spiro atoms. The van der Waals surface area contributed by atoms with Crippen molar-refractivity contribution >= 4 is 33.2 Å². The van der Waals surface area contributed by atoms with Crippen molar-refractivity contribution < 1.29 is 22.3 Å². The zero-order valence-electron chi connectivity index (χ0n) is 13.6. The van der Waals surface area contributed by atoms with Crippen LogP contribution in [0.5, 0.6) is 5.75 Å². The van der Waals surface area contributed by atoms with Crippen molar-refractivity contribution in [3.8, 4) is 5.75 Å². The van der Waals surface area contributed by atoms with E-state index in [2.05, 4.69) is 5.32 Å². The lowest BCUT2D eigenvalue weighted by atomic mass is 10.2. The van der Waals surface area contributed by atoms with Crippen LogP contribution in [0, 0.1) is 5.82 Å². The summed E-state index contributed by atoms with van der Waals surface area (Å²) < 4.78 is 45.0. The van der Waals surface area contributed by atoms with Crippen molar-refractivity contribution in [1.29, 1.82) is 0 Å². The smallest absolute Gasteiger partial charge is 0.326 e. The third-order valence-corrected chi connectivity index (χ3v) is 5.60. The highest BCUT2D eigenvalue weighted by Crippen LogP contribution is 2.40. The molecule has 0 aliphatic carbocycles. The van der Waals surface area contributed by atoms with Crippen LogP contribution in [0.3, 0.4) is 0 Å². The summed E-state index contributed by atoms with van der Waals surface area (Å²) in [6.45, 7) is -0.369. The Morgan fingerprint density at radius 3 is 2.52 bits per heavy atom. The number of carbonyl (C=O) groups is 1. The van der Waals surface area contributed by atoms with Crippen LogP contribution >= 0.6 is 0 Å². The van der Waals surface area contributed by atoms with Crippen molar-refractivity contribution in [2.75, 3.05) is 34.6 Å². The van der Waals surface area contributed by atoms with E-state index in [0.717, 1.165) is 8.61 Å². The SMILES string of the molecule is CN1c2ccc(NC(=O)COc3ccccc3F)cc2N(C)S1(=O)=O. The monoisotopic (exact) mass is 365 g/mol. The van der Waals surface area contributed by atoms with E-state index < -0.39 is 21.9 Å². The number of carbonyl (C=O) groups excluding carboxylic acids is 1. The fourth-order valence-electron chi connectivity index (χ4n) is 2.45. The summed E-state index contributed by atoms with van der Waals surface area (Å²) in [7, 11) is -0.680. The van der Waals surface area contributed by atoms with E-state index in [-0.39, 0.29) is 12.4 Å². The minimum Gasteiger partial charge on any atom is -0.481 e. The molecule has 25 heavy (non-hydrogen) atoms. The van der Waals surface area contributed by atoms with Gasteiger partial charge < -0.3 is 10.1 Å². The molecule has 0 unspecified atom stereocenters. The molecule has 0 saturated heterocycles. The van der Waals surface area contributed by atoms with E-state index in [1.54, 1.807) is 24.3 Å². The maximum Gasteiger partial charge on any atom is 0.326 e. The Morgan fingerprint density at radius 1 is 1.12 bits per heavy atom. The van der Waals surface area contributed by atoms with Crippen LogP contribution in [-0.2, 0) is 15.0 Å². The second-order valence-electron chi connectivity index (χ2n) is 5.41. The van der Waals surface area contributed by atoms with Gasteiger partial charge in [-0.1, -0.05) is 12.1 Å². The Morgan fingerprint density at radius 2 is 1.80 bits per heavy atom. The molecule has 2 aromatic rings. The second-order valence-corrected chi connectivity index (χ2v) is 7.40. The van der Waals surface area contributed by atoms with Crippen molar-refractivity contribution in [2.45, 2.75) is 0 Å². The molecule has 1 heterocycles. The number of benzene rings is 2. The average Bonchev–Trinajstić information content (AvgIpc) is 2.75. The molecule has 3 rings (SSSR count). The molecule has 0 fully saturated rings. The van der Waals surface area contributed by atoms with E-state index in [1.165, 1.54) is 32.3 Å². The zero-order valence-corrected chi connectivity index (χ0v) is 14.4. The third kappa shape index (κ3) is 3.10. The number of amides is 1. The van der Waals surface area contributed by atoms with Crippen molar-refractivity contribution in [3.05, 3.63) is 48.3 Å². The number of para-hydroxylation sites is 1. The van der Waals surface area contributed by atoms with Gasteiger partial charge in [-0.15, -0.1) is 0 Å². The number of anilines is 3. The molecule has 1 amide bonds. The van der Waals surface area contributed by atoms with Crippen LogP contribution in [-0.4, -0.2) is 35.0 Å². The minimum atomic E-state index is -3.57. The number of nitrogens with zero attached hydrogens (tertiary/aromatic N) is 2. The molecule has 1 N–H and O–H groups in total. The minimum absolute atomic E-state index is 0.0148. The van der Waals surface area contributed by atoms with Crippen molar-refractivity contribution in [2.24, 2.45) is 0 Å². The van der Waals surface area contributed by atoms with Gasteiger partial charge in [-0.2, -0.15) is 8.42 Å². The van der Waals surface area contributed by atoms with Crippen LogP contribution in [0.2, 0.25) is 0 Å². The summed E-state index contributed by atoms with van der Waals surface area (Å²) in [6.07, 6.45) is 0. The summed E-state index contributed by atoms with van der Waals surface area (Å²) in [5.74, 6) is -1.05. The molecule has 9 heteroatoms. The number of nitrogens with one attached hydrogen (secondary N) is 1. The van der Waals surface area contributed by atoms with Crippen LogP contribution < -0.4 is 18.7 Å². The first-order valence-electron chi connectivity index (χ1n) is 7.34. The van der Waals surface area contributed by atoms with E-state index in [4.69, 9.17) is 4.74 Å². The Hall–Kier alpha value is -2.81. The van der Waals surface area contributed by atoms with E-state index >= 15 is 0 Å². The maximum absolute atomic E-state index is 13.4. The highest BCUT2D eigenvalue weighted by molar-refractivity contribution is 7.94. The third-order valence-electron chi connectivity index (χ3n) is 3.83. The summed E-state index contributed by atoms with van der Waals surface area (Å²) in [4.78, 5) is 12.0. The van der Waals surface area contributed by atoms with E-state index in [0.29, 0.717) is 17.1 Å². The number of rotatable bonds is 4. The van der Waals surface area contributed by atoms with Crippen molar-refractivity contribution in [1.82, 2.24) is 0 Å². The fourth-order valence-corrected chi connectivity index (χ4v) is 3.62. The van der Waals surface area contributed by atoms with Crippen LogP contribution in [0.4, 0.5) is 21.5 Å². The van der Waals surface area contributed by atoms with Gasteiger partial charge in [-0.3, -0.25) is 13.4 Å². The number of hydrogen-bond donors (Lipinski definition) is 1. The molecule has 1 aliphatic rings. The lowest BCUT2D eigenvalue weighted by molar-refractivity contribution is -0.118. The maximum atomic E-state index is 13.4. The predicted molar refractivity (Wildman–Crippen MR) is 92.7 cm³/mol. The second kappa shape index (κ2) is 6.25. The Bertz CT molecular complexity index is 933. The van der Waals surface area contributed by atoms with Gasteiger partial charge in [0.25, 0.3) is 5.91 Å². The molecule has 0 radical (unpaired) electrons. The Balaban J connectivity index is 1.70. The normalized spacial score (nSPS) is 15.0. The molecule has 0 saturated carbocycles. The molecule has 0 bridgehead atoms. The van der Waals surface area contributed by atoms with E-state index in [9.17, 15) is 17.6 Å². The molecule has 1 aliphatic heterocycles. The summed E-state index contributed by atoms with van der Waals surface area (Å²) in [6, 6.07) is 10.5. The predicted octanol–water partition coefficient (Wildman–Crippen LogP) is 1.97. The summed E-state index contributed by atoms with van der Waals surface area (Å²) in [5, 5.41) is 2.60. The van der Waals surface area contributed by atoms with Gasteiger partial charge in [0, 0.05) is 19.8 Å². The van der Waals surface area contributed by atoms with Gasteiger partial charge in [0.15, 0.2) is 18.2 Å². The number of halogens is 1. The zero-order chi connectivity index (χ0) is 18.2. The molecule has 132 valence electrons. The highest BCUT2D eigenvalue weighted by atomic mass is 32.2. The van der Waals surface area contributed by atoms with Gasteiger partial charge in [-0.25, -0.2) is 4.39 Å². The molecular formula is C16H16FN3O4S. The van der Waals surface area contributed by atoms with Crippen LogP contribution in [0.25, 0.3) is 0 Å². The van der Waals surface area contributed by atoms with Crippen LogP contribution in [0.15, 0.2) is 42.5 Å². The van der Waals surface area contributed by atoms with Gasteiger partial charge in [0.2, 0.25) is 0 Å². The summed E-state index contributed by atoms with van der Waals surface area (Å²) in [5.41, 5.74) is 1.39. The lowest BCUT2D eigenvalue weighted by Gasteiger charge is -2.13. The fraction of sp³-hybridized carbons (Fsp3) is 0.188. The standard InChI is InChI=1S/C16H16FN3O4S/c1-19-13-8-7-11(9-14(13)20(2)25(19,22)23)18-16(21)10-24-15-6-4-3-5-12(15)17/h3-9H,10H2,1-2H3,(H,18,21). The van der Waals surface area contributed by atoms with Crippen LogP contribution in [0.1, 0.15) is 0 Å². The van der Waals surface area contributed by atoms with Gasteiger partial charge in [0.1, 0.15) is 0 Å². The molecule has 0 atom stereocenters. The van der Waals surface area contributed by atoms with Crippen molar-refractivity contribution in [3.63, 3.8) is 0 Å². The first kappa shape index (κ1) is 17.0. The highest BCUT2D eigenvalue weighted by Gasteiger charge is 2.35. The molecule has 7 nitrogen and oxygen atoms in total. The first-order valence-corrected chi connectivity index (χ1v) is 8.74. The van der Waals surface area contributed by atoms with E-state index in [1.807, 2.05) is 0 Å². The summed E-state index contributed by atoms with van der Waals surface area (Å²) >= 11 is 0. The van der Waals surface area contributed by atoms with Gasteiger partial charge >= 0.3 is 10.2 Å². The first-order chi connectivity index (χ1) is 11.8. The number of ether oxygens (including phenoxy) is 1. The average molecular weight is 365 g/mol. The quantitative estimate of drug-likeness (QED) is 0.899. The van der Waals surface area contributed by atoms with Gasteiger partial charge in [-0.05, 0) is 30.3 Å². The molecular weight excluding hydrogens is 349 g/mol. The Labute approximate surface area is 144 Å².